The maximum Gasteiger partial charge on any atom is 0.215 e. The molecule has 3 aromatic rings. The Hall–Kier alpha value is -3.41. The van der Waals surface area contributed by atoms with Gasteiger partial charge in [0.05, 0.1) is 6.54 Å². The third kappa shape index (κ3) is 5.84. The molecule has 0 amide bonds. The minimum atomic E-state index is 0.129. The van der Waals surface area contributed by atoms with Crippen LogP contribution in [0.2, 0.25) is 0 Å². The molecular formula is C26H29N3O3. The fourth-order valence-electron chi connectivity index (χ4n) is 3.99. The first-order chi connectivity index (χ1) is 15.6. The van der Waals surface area contributed by atoms with E-state index in [0.29, 0.717) is 18.9 Å². The third-order valence-corrected chi connectivity index (χ3v) is 5.71. The summed E-state index contributed by atoms with van der Waals surface area (Å²) in [6.45, 7) is 5.92. The van der Waals surface area contributed by atoms with E-state index in [1.54, 1.807) is 25.5 Å². The topological polar surface area (TPSA) is 64.5 Å². The van der Waals surface area contributed by atoms with Gasteiger partial charge in [-0.05, 0) is 54.3 Å². The van der Waals surface area contributed by atoms with Gasteiger partial charge >= 0.3 is 0 Å². The van der Waals surface area contributed by atoms with Gasteiger partial charge in [-0.1, -0.05) is 19.1 Å². The van der Waals surface area contributed by atoms with Gasteiger partial charge in [0.1, 0.15) is 24.2 Å². The zero-order chi connectivity index (χ0) is 22.3. The second-order valence-corrected chi connectivity index (χ2v) is 8.35. The second-order valence-electron chi connectivity index (χ2n) is 8.35. The van der Waals surface area contributed by atoms with Gasteiger partial charge in [0.25, 0.3) is 0 Å². The number of carbonyl (C=O) groups excluding carboxylic acids is 1. The molecule has 0 N–H and O–H groups in total. The van der Waals surface area contributed by atoms with E-state index in [0.717, 1.165) is 42.1 Å². The number of hydrogen-bond acceptors (Lipinski definition) is 6. The minimum absolute atomic E-state index is 0.129. The van der Waals surface area contributed by atoms with Crippen molar-refractivity contribution in [2.24, 2.45) is 0 Å². The number of anilines is 1. The van der Waals surface area contributed by atoms with Crippen LogP contribution in [-0.2, 0) is 11.4 Å². The van der Waals surface area contributed by atoms with E-state index in [9.17, 15) is 4.79 Å². The van der Waals surface area contributed by atoms with Crippen LogP contribution in [0.25, 0.3) is 0 Å². The largest absolute Gasteiger partial charge is 0.489 e. The molecule has 3 heterocycles. The van der Waals surface area contributed by atoms with E-state index in [1.807, 2.05) is 36.4 Å². The summed E-state index contributed by atoms with van der Waals surface area (Å²) in [6.07, 6.45) is 6.95. The molecule has 2 aromatic heterocycles. The molecule has 2 atom stereocenters. The Labute approximate surface area is 189 Å². The summed E-state index contributed by atoms with van der Waals surface area (Å²) in [7, 11) is 0. The van der Waals surface area contributed by atoms with Crippen molar-refractivity contribution in [1.29, 1.82) is 0 Å². The summed E-state index contributed by atoms with van der Waals surface area (Å²) < 4.78 is 12.1. The van der Waals surface area contributed by atoms with Crippen molar-refractivity contribution in [3.8, 4) is 11.6 Å². The summed E-state index contributed by atoms with van der Waals surface area (Å²) in [5.74, 6) is 1.92. The fraction of sp³-hybridized carbons (Fsp3) is 0.346. The monoisotopic (exact) mass is 431 g/mol. The van der Waals surface area contributed by atoms with Gasteiger partial charge in [0.15, 0.2) is 0 Å². The number of pyridine rings is 2. The third-order valence-electron chi connectivity index (χ3n) is 5.71. The highest BCUT2D eigenvalue weighted by molar-refractivity contribution is 5.76. The first-order valence-electron chi connectivity index (χ1n) is 11.1. The quantitative estimate of drug-likeness (QED) is 0.485. The first-order valence-corrected chi connectivity index (χ1v) is 11.1. The lowest BCUT2D eigenvalue weighted by Gasteiger charge is -2.20. The van der Waals surface area contributed by atoms with Gasteiger partial charge in [-0.3, -0.25) is 4.98 Å². The Morgan fingerprint density at radius 2 is 1.91 bits per heavy atom. The van der Waals surface area contributed by atoms with E-state index in [4.69, 9.17) is 9.47 Å². The average Bonchev–Trinajstić information content (AvgIpc) is 3.27. The minimum Gasteiger partial charge on any atom is -0.489 e. The fourth-order valence-corrected chi connectivity index (χ4v) is 3.99. The lowest BCUT2D eigenvalue weighted by Crippen LogP contribution is -2.24. The Morgan fingerprint density at radius 3 is 2.66 bits per heavy atom. The van der Waals surface area contributed by atoms with Crippen molar-refractivity contribution in [3.05, 3.63) is 78.2 Å². The van der Waals surface area contributed by atoms with Crippen LogP contribution in [0.5, 0.6) is 11.6 Å². The standard InChI is InChI=1S/C26H29N3O3/c1-19(15-20(2)30)22-3-5-24(6-4-22)32-25-10-14-29(17-25)23-9-13-28-26(16-23)31-18-21-7-11-27-12-8-21/h3-9,11-13,16,19,25H,10,14-15,17-18H2,1-2H3/t19-,25-/m1/s1. The number of carbonyl (C=O) groups is 1. The van der Waals surface area contributed by atoms with Crippen LogP contribution in [0.1, 0.15) is 43.7 Å². The van der Waals surface area contributed by atoms with Crippen molar-refractivity contribution in [3.63, 3.8) is 0 Å². The molecule has 4 rings (SSSR count). The molecule has 166 valence electrons. The van der Waals surface area contributed by atoms with Crippen LogP contribution < -0.4 is 14.4 Å². The van der Waals surface area contributed by atoms with Gasteiger partial charge < -0.3 is 19.2 Å². The zero-order valence-electron chi connectivity index (χ0n) is 18.6. The Balaban J connectivity index is 1.31. The Morgan fingerprint density at radius 1 is 1.12 bits per heavy atom. The molecule has 0 aliphatic carbocycles. The van der Waals surface area contributed by atoms with Crippen molar-refractivity contribution >= 4 is 11.5 Å². The number of rotatable bonds is 9. The van der Waals surface area contributed by atoms with Crippen LogP contribution in [0, 0.1) is 0 Å². The van der Waals surface area contributed by atoms with Crippen LogP contribution in [-0.4, -0.2) is 34.9 Å². The number of benzene rings is 1. The summed E-state index contributed by atoms with van der Waals surface area (Å²) >= 11 is 0. The molecule has 1 aliphatic rings. The van der Waals surface area contributed by atoms with Crippen LogP contribution in [0.3, 0.4) is 0 Å². The number of ketones is 1. The van der Waals surface area contributed by atoms with E-state index in [-0.39, 0.29) is 17.8 Å². The number of Topliss-reactive ketones (excluding diaryl/α,β-unsaturated/α-hetero) is 1. The average molecular weight is 432 g/mol. The number of nitrogens with zero attached hydrogens (tertiary/aromatic N) is 3. The summed E-state index contributed by atoms with van der Waals surface area (Å²) in [5, 5.41) is 0. The predicted molar refractivity (Wildman–Crippen MR) is 124 cm³/mol. The Kier molecular flexibility index (Phi) is 7.00. The second kappa shape index (κ2) is 10.3. The molecule has 1 saturated heterocycles. The van der Waals surface area contributed by atoms with Crippen LogP contribution >= 0.6 is 0 Å². The maximum absolute atomic E-state index is 11.4. The van der Waals surface area contributed by atoms with Gasteiger partial charge in [-0.15, -0.1) is 0 Å². The highest BCUT2D eigenvalue weighted by Crippen LogP contribution is 2.27. The van der Waals surface area contributed by atoms with Gasteiger partial charge in [-0.2, -0.15) is 0 Å². The molecule has 32 heavy (non-hydrogen) atoms. The maximum atomic E-state index is 11.4. The molecule has 1 fully saturated rings. The predicted octanol–water partition coefficient (Wildman–Crippen LogP) is 4.80. The lowest BCUT2D eigenvalue weighted by atomic mass is 9.96. The smallest absolute Gasteiger partial charge is 0.215 e. The molecule has 0 bridgehead atoms. The molecule has 0 radical (unpaired) electrons. The van der Waals surface area contributed by atoms with Gasteiger partial charge in [-0.25, -0.2) is 4.98 Å². The molecule has 6 heteroatoms. The lowest BCUT2D eigenvalue weighted by molar-refractivity contribution is -0.117. The van der Waals surface area contributed by atoms with E-state index < -0.39 is 0 Å². The molecule has 0 unspecified atom stereocenters. The molecular weight excluding hydrogens is 402 g/mol. The van der Waals surface area contributed by atoms with Crippen molar-refractivity contribution in [1.82, 2.24) is 9.97 Å². The van der Waals surface area contributed by atoms with Crippen molar-refractivity contribution < 1.29 is 14.3 Å². The van der Waals surface area contributed by atoms with Crippen molar-refractivity contribution in [2.75, 3.05) is 18.0 Å². The Bertz CT molecular complexity index is 1020. The first kappa shape index (κ1) is 21.8. The zero-order valence-corrected chi connectivity index (χ0v) is 18.6. The molecule has 0 saturated carbocycles. The number of ether oxygens (including phenoxy) is 2. The van der Waals surface area contributed by atoms with E-state index in [1.165, 1.54) is 0 Å². The van der Waals surface area contributed by atoms with Crippen LogP contribution in [0.4, 0.5) is 5.69 Å². The van der Waals surface area contributed by atoms with Gasteiger partial charge in [0.2, 0.25) is 5.88 Å². The highest BCUT2D eigenvalue weighted by atomic mass is 16.5. The molecule has 0 spiro atoms. The van der Waals surface area contributed by atoms with Crippen molar-refractivity contribution in [2.45, 2.75) is 45.3 Å². The van der Waals surface area contributed by atoms with E-state index in [2.05, 4.69) is 33.9 Å². The van der Waals surface area contributed by atoms with E-state index >= 15 is 0 Å². The van der Waals surface area contributed by atoms with Gasteiger partial charge in [0, 0.05) is 49.7 Å². The SMILES string of the molecule is CC(=O)C[C@@H](C)c1ccc(O[C@@H]2CCN(c3ccnc(OCc4ccncc4)c3)C2)cc1. The van der Waals surface area contributed by atoms with Crippen LogP contribution in [0.15, 0.2) is 67.1 Å². The molecule has 1 aromatic carbocycles. The summed E-state index contributed by atoms with van der Waals surface area (Å²) in [4.78, 5) is 22.0. The molecule has 1 aliphatic heterocycles. The summed E-state index contributed by atoms with van der Waals surface area (Å²) in [5.41, 5.74) is 3.31. The normalized spacial score (nSPS) is 16.6. The number of hydrogen-bond donors (Lipinski definition) is 0. The number of aromatic nitrogens is 2. The summed E-state index contributed by atoms with van der Waals surface area (Å²) in [6, 6.07) is 16.0. The highest BCUT2D eigenvalue weighted by Gasteiger charge is 2.24. The molecule has 6 nitrogen and oxygen atoms in total.